The van der Waals surface area contributed by atoms with E-state index in [1.165, 1.54) is 6.92 Å². The van der Waals surface area contributed by atoms with E-state index < -0.39 is 0 Å². The van der Waals surface area contributed by atoms with Crippen LogP contribution >= 0.6 is 0 Å². The fraction of sp³-hybridized carbons (Fsp3) is 0.600. The zero-order valence-electron chi connectivity index (χ0n) is 13.5. The second-order valence-electron chi connectivity index (χ2n) is 5.89. The standard InChI is InChI=1S/C15H22N6O2/c1-3-4-14-17-15(23-19-14)10-20-7-5-12(9-20)21-8-6-13(18-21)16-11(2)22/h6,8,12H,3-5,7,9-10H2,1-2H3,(H,16,18,22)/t12-/m0/s1. The molecule has 2 aromatic rings. The third kappa shape index (κ3) is 3.95. The van der Waals surface area contributed by atoms with E-state index in [9.17, 15) is 4.79 Å². The third-order valence-electron chi connectivity index (χ3n) is 3.88. The summed E-state index contributed by atoms with van der Waals surface area (Å²) < 4.78 is 7.21. The predicted octanol–water partition coefficient (Wildman–Crippen LogP) is 1.62. The number of nitrogens with zero attached hydrogens (tertiary/aromatic N) is 5. The highest BCUT2D eigenvalue weighted by Crippen LogP contribution is 2.23. The zero-order valence-corrected chi connectivity index (χ0v) is 13.5. The van der Waals surface area contributed by atoms with Gasteiger partial charge in [0.15, 0.2) is 11.6 Å². The van der Waals surface area contributed by atoms with Gasteiger partial charge in [-0.1, -0.05) is 12.1 Å². The van der Waals surface area contributed by atoms with Gasteiger partial charge in [0.2, 0.25) is 11.8 Å². The Hall–Kier alpha value is -2.22. The van der Waals surface area contributed by atoms with E-state index in [2.05, 4.69) is 32.4 Å². The lowest BCUT2D eigenvalue weighted by molar-refractivity contribution is -0.114. The third-order valence-corrected chi connectivity index (χ3v) is 3.88. The maximum atomic E-state index is 11.1. The molecule has 1 N–H and O–H groups in total. The van der Waals surface area contributed by atoms with Gasteiger partial charge in [-0.15, -0.1) is 0 Å². The Labute approximate surface area is 134 Å². The van der Waals surface area contributed by atoms with Crippen molar-refractivity contribution in [2.75, 3.05) is 18.4 Å². The van der Waals surface area contributed by atoms with Crippen molar-refractivity contribution >= 4 is 11.7 Å². The molecule has 1 aliphatic rings. The molecule has 0 aliphatic carbocycles. The van der Waals surface area contributed by atoms with Crippen LogP contribution in [0.4, 0.5) is 5.82 Å². The van der Waals surface area contributed by atoms with E-state index in [-0.39, 0.29) is 5.91 Å². The number of hydrogen-bond acceptors (Lipinski definition) is 6. The lowest BCUT2D eigenvalue weighted by Gasteiger charge is -2.13. The van der Waals surface area contributed by atoms with E-state index in [0.29, 0.717) is 24.3 Å². The normalized spacial score (nSPS) is 18.4. The number of anilines is 1. The van der Waals surface area contributed by atoms with Gasteiger partial charge in [0.05, 0.1) is 12.6 Å². The summed E-state index contributed by atoms with van der Waals surface area (Å²) in [7, 11) is 0. The molecule has 1 aliphatic heterocycles. The Balaban J connectivity index is 1.55. The van der Waals surface area contributed by atoms with E-state index in [1.807, 2.05) is 16.9 Å². The average molecular weight is 318 g/mol. The van der Waals surface area contributed by atoms with Crippen molar-refractivity contribution in [3.8, 4) is 0 Å². The molecule has 0 saturated carbocycles. The van der Waals surface area contributed by atoms with E-state index in [4.69, 9.17) is 4.52 Å². The molecular formula is C15H22N6O2. The van der Waals surface area contributed by atoms with Gasteiger partial charge in [0.1, 0.15) is 0 Å². The molecule has 23 heavy (non-hydrogen) atoms. The maximum absolute atomic E-state index is 11.1. The molecule has 8 nitrogen and oxygen atoms in total. The molecule has 0 spiro atoms. The highest BCUT2D eigenvalue weighted by atomic mass is 16.5. The predicted molar refractivity (Wildman–Crippen MR) is 83.8 cm³/mol. The van der Waals surface area contributed by atoms with Crippen LogP contribution < -0.4 is 5.32 Å². The molecule has 1 fully saturated rings. The first-order chi connectivity index (χ1) is 11.1. The van der Waals surface area contributed by atoms with Gasteiger partial charge in [-0.2, -0.15) is 10.1 Å². The van der Waals surface area contributed by atoms with Crippen LogP contribution in [0.3, 0.4) is 0 Å². The summed E-state index contributed by atoms with van der Waals surface area (Å²) in [6.45, 7) is 6.10. The summed E-state index contributed by atoms with van der Waals surface area (Å²) in [5, 5.41) is 11.1. The van der Waals surface area contributed by atoms with Crippen molar-refractivity contribution in [3.63, 3.8) is 0 Å². The van der Waals surface area contributed by atoms with Crippen molar-refractivity contribution < 1.29 is 9.32 Å². The van der Waals surface area contributed by atoms with Crippen LogP contribution in [0.5, 0.6) is 0 Å². The Kier molecular flexibility index (Phi) is 4.71. The molecule has 3 rings (SSSR count). The molecule has 3 heterocycles. The molecule has 0 radical (unpaired) electrons. The number of aryl methyl sites for hydroxylation is 1. The monoisotopic (exact) mass is 318 g/mol. The minimum atomic E-state index is -0.109. The van der Waals surface area contributed by atoms with E-state index >= 15 is 0 Å². The Morgan fingerprint density at radius 1 is 1.52 bits per heavy atom. The Morgan fingerprint density at radius 3 is 3.17 bits per heavy atom. The highest BCUT2D eigenvalue weighted by Gasteiger charge is 2.26. The fourth-order valence-corrected chi connectivity index (χ4v) is 2.83. The summed E-state index contributed by atoms with van der Waals surface area (Å²) in [6, 6.07) is 2.12. The van der Waals surface area contributed by atoms with Crippen LogP contribution in [0.1, 0.15) is 44.4 Å². The second kappa shape index (κ2) is 6.91. The quantitative estimate of drug-likeness (QED) is 0.870. The molecular weight excluding hydrogens is 296 g/mol. The minimum Gasteiger partial charge on any atom is -0.338 e. The lowest BCUT2D eigenvalue weighted by atomic mass is 10.3. The first kappa shape index (κ1) is 15.7. The van der Waals surface area contributed by atoms with Crippen LogP contribution in [0.15, 0.2) is 16.8 Å². The summed E-state index contributed by atoms with van der Waals surface area (Å²) in [5.41, 5.74) is 0. The van der Waals surface area contributed by atoms with Crippen molar-refractivity contribution in [1.82, 2.24) is 24.8 Å². The topological polar surface area (TPSA) is 89.1 Å². The summed E-state index contributed by atoms with van der Waals surface area (Å²) >= 11 is 0. The van der Waals surface area contributed by atoms with Crippen LogP contribution in [0.2, 0.25) is 0 Å². The Morgan fingerprint density at radius 2 is 2.39 bits per heavy atom. The SMILES string of the molecule is CCCc1noc(CN2CC[C@H](n3ccc(NC(C)=O)n3)C2)n1. The lowest BCUT2D eigenvalue weighted by Crippen LogP contribution is -2.21. The number of amides is 1. The van der Waals surface area contributed by atoms with Crippen LogP contribution in [0.25, 0.3) is 0 Å². The molecule has 1 atom stereocenters. The number of carbonyl (C=O) groups is 1. The van der Waals surface area contributed by atoms with Crippen molar-refractivity contribution in [1.29, 1.82) is 0 Å². The largest absolute Gasteiger partial charge is 0.338 e. The fourth-order valence-electron chi connectivity index (χ4n) is 2.83. The van der Waals surface area contributed by atoms with Crippen molar-refractivity contribution in [2.45, 2.75) is 45.7 Å². The van der Waals surface area contributed by atoms with Gasteiger partial charge in [0.25, 0.3) is 0 Å². The van der Waals surface area contributed by atoms with Crippen molar-refractivity contribution in [2.24, 2.45) is 0 Å². The molecule has 2 aromatic heterocycles. The Bertz CT molecular complexity index is 664. The number of nitrogens with one attached hydrogen (secondary N) is 1. The molecule has 0 unspecified atom stereocenters. The molecule has 1 saturated heterocycles. The molecule has 0 aromatic carbocycles. The maximum Gasteiger partial charge on any atom is 0.240 e. The van der Waals surface area contributed by atoms with Crippen LogP contribution in [-0.4, -0.2) is 43.8 Å². The average Bonchev–Trinajstić information content (AvgIpc) is 3.20. The number of hydrogen-bond donors (Lipinski definition) is 1. The zero-order chi connectivity index (χ0) is 16.2. The number of carbonyl (C=O) groups excluding carboxylic acids is 1. The van der Waals surface area contributed by atoms with Gasteiger partial charge in [-0.05, 0) is 12.8 Å². The van der Waals surface area contributed by atoms with E-state index in [0.717, 1.165) is 38.2 Å². The number of aromatic nitrogens is 4. The first-order valence-corrected chi connectivity index (χ1v) is 8.00. The minimum absolute atomic E-state index is 0.109. The van der Waals surface area contributed by atoms with Crippen molar-refractivity contribution in [3.05, 3.63) is 24.0 Å². The summed E-state index contributed by atoms with van der Waals surface area (Å²) in [4.78, 5) is 17.7. The summed E-state index contributed by atoms with van der Waals surface area (Å²) in [6.07, 6.45) is 4.79. The number of likely N-dealkylation sites (tertiary alicyclic amines) is 1. The van der Waals surface area contributed by atoms with Crippen LogP contribution in [-0.2, 0) is 17.8 Å². The molecule has 0 bridgehead atoms. The van der Waals surface area contributed by atoms with Crippen LogP contribution in [0, 0.1) is 0 Å². The second-order valence-corrected chi connectivity index (χ2v) is 5.89. The van der Waals surface area contributed by atoms with Gasteiger partial charge >= 0.3 is 0 Å². The van der Waals surface area contributed by atoms with Gasteiger partial charge in [-0.3, -0.25) is 14.4 Å². The molecule has 124 valence electrons. The first-order valence-electron chi connectivity index (χ1n) is 8.00. The van der Waals surface area contributed by atoms with Gasteiger partial charge in [0, 0.05) is 38.7 Å². The molecule has 8 heteroatoms. The summed E-state index contributed by atoms with van der Waals surface area (Å²) in [5.74, 6) is 1.94. The molecule has 1 amide bonds. The van der Waals surface area contributed by atoms with Gasteiger partial charge in [-0.25, -0.2) is 0 Å². The van der Waals surface area contributed by atoms with Gasteiger partial charge < -0.3 is 9.84 Å². The highest BCUT2D eigenvalue weighted by molar-refractivity contribution is 5.87. The smallest absolute Gasteiger partial charge is 0.240 e. The van der Waals surface area contributed by atoms with E-state index in [1.54, 1.807) is 0 Å². The number of rotatable bonds is 6.